The Bertz CT molecular complexity index is 669. The SMILES string of the molecule is CC(=O)N(CC(=O)Nc1ccccc1Br)c1cc(C)on1. The normalized spacial score (nSPS) is 10.2. The lowest BCUT2D eigenvalue weighted by Crippen LogP contribution is -2.36. The topological polar surface area (TPSA) is 75.4 Å². The van der Waals surface area contributed by atoms with Crippen LogP contribution in [-0.2, 0) is 9.59 Å². The zero-order chi connectivity index (χ0) is 15.4. The molecule has 0 radical (unpaired) electrons. The highest BCUT2D eigenvalue weighted by atomic mass is 79.9. The summed E-state index contributed by atoms with van der Waals surface area (Å²) >= 11 is 3.35. The van der Waals surface area contributed by atoms with E-state index in [0.717, 1.165) is 4.47 Å². The maximum atomic E-state index is 12.1. The van der Waals surface area contributed by atoms with Gasteiger partial charge in [-0.15, -0.1) is 0 Å². The Hall–Kier alpha value is -2.15. The number of nitrogens with one attached hydrogen (secondary N) is 1. The van der Waals surface area contributed by atoms with Gasteiger partial charge in [0, 0.05) is 17.5 Å². The van der Waals surface area contributed by atoms with Crippen LogP contribution in [0.15, 0.2) is 39.3 Å². The molecule has 0 fully saturated rings. The van der Waals surface area contributed by atoms with Crippen LogP contribution in [0.5, 0.6) is 0 Å². The van der Waals surface area contributed by atoms with E-state index in [9.17, 15) is 9.59 Å². The van der Waals surface area contributed by atoms with E-state index in [1.807, 2.05) is 18.2 Å². The third-order valence-corrected chi connectivity index (χ3v) is 3.41. The number of nitrogens with zero attached hydrogens (tertiary/aromatic N) is 2. The first kappa shape index (κ1) is 15.2. The van der Waals surface area contributed by atoms with Crippen LogP contribution in [0, 0.1) is 6.92 Å². The molecule has 2 aromatic rings. The maximum absolute atomic E-state index is 12.1. The number of hydrogen-bond acceptors (Lipinski definition) is 4. The molecule has 1 aromatic carbocycles. The number of halogens is 1. The summed E-state index contributed by atoms with van der Waals surface area (Å²) in [5.74, 6) is 0.285. The molecule has 110 valence electrons. The van der Waals surface area contributed by atoms with Gasteiger partial charge >= 0.3 is 0 Å². The van der Waals surface area contributed by atoms with Gasteiger partial charge in [-0.2, -0.15) is 0 Å². The van der Waals surface area contributed by atoms with Crippen molar-refractivity contribution in [1.29, 1.82) is 0 Å². The molecule has 0 aliphatic rings. The van der Waals surface area contributed by atoms with Crippen LogP contribution in [-0.4, -0.2) is 23.5 Å². The van der Waals surface area contributed by atoms with Gasteiger partial charge < -0.3 is 9.84 Å². The first-order valence-corrected chi connectivity index (χ1v) is 7.02. The number of hydrogen-bond donors (Lipinski definition) is 1. The minimum absolute atomic E-state index is 0.136. The fourth-order valence-corrected chi connectivity index (χ4v) is 2.11. The number of amides is 2. The second kappa shape index (κ2) is 6.53. The Kier molecular flexibility index (Phi) is 4.74. The molecule has 2 rings (SSSR count). The molecule has 7 heteroatoms. The van der Waals surface area contributed by atoms with Crippen molar-refractivity contribution in [3.05, 3.63) is 40.6 Å². The summed E-state index contributed by atoms with van der Waals surface area (Å²) in [6.45, 7) is 2.95. The molecular weight excluding hydrogens is 338 g/mol. The van der Waals surface area contributed by atoms with Crippen LogP contribution in [0.25, 0.3) is 0 Å². The predicted molar refractivity (Wildman–Crippen MR) is 82.0 cm³/mol. The minimum Gasteiger partial charge on any atom is -0.360 e. The van der Waals surface area contributed by atoms with Crippen molar-refractivity contribution >= 4 is 39.2 Å². The van der Waals surface area contributed by atoms with Crippen molar-refractivity contribution in [3.8, 4) is 0 Å². The average Bonchev–Trinajstić information content (AvgIpc) is 2.85. The highest BCUT2D eigenvalue weighted by Gasteiger charge is 2.19. The van der Waals surface area contributed by atoms with Crippen LogP contribution in [0.2, 0.25) is 0 Å². The molecule has 1 heterocycles. The first-order valence-electron chi connectivity index (χ1n) is 6.23. The van der Waals surface area contributed by atoms with Crippen molar-refractivity contribution in [3.63, 3.8) is 0 Å². The number of aryl methyl sites for hydroxylation is 1. The van der Waals surface area contributed by atoms with E-state index in [4.69, 9.17) is 4.52 Å². The second-order valence-corrected chi connectivity index (χ2v) is 5.28. The highest BCUT2D eigenvalue weighted by molar-refractivity contribution is 9.10. The number of para-hydroxylation sites is 1. The van der Waals surface area contributed by atoms with Gasteiger partial charge in [-0.1, -0.05) is 17.3 Å². The van der Waals surface area contributed by atoms with Gasteiger partial charge in [-0.05, 0) is 35.0 Å². The summed E-state index contributed by atoms with van der Waals surface area (Å²) in [5.41, 5.74) is 0.641. The Morgan fingerprint density at radius 2 is 2.10 bits per heavy atom. The lowest BCUT2D eigenvalue weighted by atomic mass is 10.3. The number of aromatic nitrogens is 1. The summed E-state index contributed by atoms with van der Waals surface area (Å²) in [7, 11) is 0. The summed E-state index contributed by atoms with van der Waals surface area (Å²) < 4.78 is 5.70. The summed E-state index contributed by atoms with van der Waals surface area (Å²) in [6.07, 6.45) is 0. The Balaban J connectivity index is 2.09. The molecule has 2 amide bonds. The van der Waals surface area contributed by atoms with Gasteiger partial charge in [0.05, 0.1) is 5.69 Å². The lowest BCUT2D eigenvalue weighted by Gasteiger charge is -2.17. The fraction of sp³-hybridized carbons (Fsp3) is 0.214. The number of benzene rings is 1. The van der Waals surface area contributed by atoms with E-state index in [-0.39, 0.29) is 18.4 Å². The number of rotatable bonds is 4. The smallest absolute Gasteiger partial charge is 0.244 e. The summed E-state index contributed by atoms with van der Waals surface area (Å²) in [6, 6.07) is 8.84. The third kappa shape index (κ3) is 3.91. The molecule has 1 aromatic heterocycles. The molecule has 0 spiro atoms. The molecule has 1 N–H and O–H groups in total. The molecular formula is C14H14BrN3O3. The van der Waals surface area contributed by atoms with Crippen molar-refractivity contribution in [2.45, 2.75) is 13.8 Å². The van der Waals surface area contributed by atoms with Crippen LogP contribution in [0.3, 0.4) is 0 Å². The van der Waals surface area contributed by atoms with Gasteiger partial charge in [0.15, 0.2) is 5.82 Å². The Morgan fingerprint density at radius 1 is 1.38 bits per heavy atom. The maximum Gasteiger partial charge on any atom is 0.244 e. The monoisotopic (exact) mass is 351 g/mol. The van der Waals surface area contributed by atoms with Gasteiger partial charge in [-0.25, -0.2) is 0 Å². The van der Waals surface area contributed by atoms with Crippen LogP contribution < -0.4 is 10.2 Å². The van der Waals surface area contributed by atoms with Gasteiger partial charge in [0.1, 0.15) is 12.3 Å². The molecule has 0 aliphatic heterocycles. The van der Waals surface area contributed by atoms with Gasteiger partial charge in [0.2, 0.25) is 11.8 Å². The predicted octanol–water partition coefficient (Wildman–Crippen LogP) is 2.74. The van der Waals surface area contributed by atoms with E-state index < -0.39 is 0 Å². The van der Waals surface area contributed by atoms with Crippen LogP contribution in [0.4, 0.5) is 11.5 Å². The van der Waals surface area contributed by atoms with Crippen LogP contribution in [0.1, 0.15) is 12.7 Å². The molecule has 6 nitrogen and oxygen atoms in total. The van der Waals surface area contributed by atoms with E-state index in [1.54, 1.807) is 19.1 Å². The number of carbonyl (C=O) groups excluding carboxylic acids is 2. The standard InChI is InChI=1S/C14H14BrN3O3/c1-9-7-13(17-21-9)18(10(2)19)8-14(20)16-12-6-4-3-5-11(12)15/h3-7H,8H2,1-2H3,(H,16,20). The zero-order valence-electron chi connectivity index (χ0n) is 11.6. The molecule has 0 atom stereocenters. The van der Waals surface area contributed by atoms with Crippen molar-refractivity contribution in [2.24, 2.45) is 0 Å². The van der Waals surface area contributed by atoms with E-state index in [0.29, 0.717) is 17.3 Å². The number of carbonyl (C=O) groups is 2. The molecule has 0 saturated carbocycles. The Morgan fingerprint density at radius 3 is 2.67 bits per heavy atom. The second-order valence-electron chi connectivity index (χ2n) is 4.43. The summed E-state index contributed by atoms with van der Waals surface area (Å²) in [5, 5.41) is 6.49. The van der Waals surface area contributed by atoms with Crippen molar-refractivity contribution < 1.29 is 14.1 Å². The summed E-state index contributed by atoms with van der Waals surface area (Å²) in [4.78, 5) is 25.0. The molecule has 0 bridgehead atoms. The lowest BCUT2D eigenvalue weighted by molar-refractivity contribution is -0.120. The first-order chi connectivity index (χ1) is 9.97. The fourth-order valence-electron chi connectivity index (χ4n) is 1.73. The van der Waals surface area contributed by atoms with E-state index >= 15 is 0 Å². The average molecular weight is 352 g/mol. The molecule has 0 unspecified atom stereocenters. The highest BCUT2D eigenvalue weighted by Crippen LogP contribution is 2.21. The quantitative estimate of drug-likeness (QED) is 0.918. The van der Waals surface area contributed by atoms with E-state index in [2.05, 4.69) is 26.4 Å². The van der Waals surface area contributed by atoms with Crippen molar-refractivity contribution in [2.75, 3.05) is 16.8 Å². The zero-order valence-corrected chi connectivity index (χ0v) is 13.2. The van der Waals surface area contributed by atoms with Crippen molar-refractivity contribution in [1.82, 2.24) is 5.16 Å². The largest absolute Gasteiger partial charge is 0.360 e. The molecule has 0 saturated heterocycles. The molecule has 0 aliphatic carbocycles. The van der Waals surface area contributed by atoms with Crippen LogP contribution >= 0.6 is 15.9 Å². The molecule has 21 heavy (non-hydrogen) atoms. The van der Waals surface area contributed by atoms with E-state index in [1.165, 1.54) is 11.8 Å². The Labute approximate surface area is 130 Å². The van der Waals surface area contributed by atoms with Gasteiger partial charge in [-0.3, -0.25) is 14.5 Å². The minimum atomic E-state index is -0.322. The third-order valence-electron chi connectivity index (χ3n) is 2.72. The van der Waals surface area contributed by atoms with Gasteiger partial charge in [0.25, 0.3) is 0 Å². The number of anilines is 2.